The van der Waals surface area contributed by atoms with Gasteiger partial charge in [0.25, 0.3) is 17.1 Å². The number of fused-ring (bicyclic) bond motifs is 3. The minimum Gasteiger partial charge on any atom is -0.387 e. The van der Waals surface area contributed by atoms with Crippen molar-refractivity contribution in [3.8, 4) is 0 Å². The lowest BCUT2D eigenvalue weighted by Crippen LogP contribution is -2.45. The smallest absolute Gasteiger partial charge is 0.387 e. The number of imidazole rings is 3. The molecule has 16 atom stereocenters. The number of H-pyrrole nitrogens is 2. The average Bonchev–Trinajstić information content (AvgIpc) is 4.25. The SMILES string of the molecule is CCCCO[C@@H]1[C@H](P(=O)(O)OC[C@H]2O[C@@H](n3cnc4c(=O)[nH]c(N)nc43)[C@H](O)[C@@H]2O)[C@@H](COP(=O)(O)OP(=O)(O)OP(=O)(O)OC[C@H]2O[C@@H]([n+]3cn(C)c4c(=O)[nH]c(N)nc43)[C@H](O)[C@@H]2COC)O[C@H]1n1cnc2c(N)ncnc21. The van der Waals surface area contributed by atoms with Gasteiger partial charge >= 0.3 is 36.7 Å². The Kier molecular flexibility index (Phi) is 16.8. The number of phosphoric acid groups is 3. The van der Waals surface area contributed by atoms with E-state index in [1.54, 1.807) is 0 Å². The number of anilines is 3. The normalized spacial score (nSPS) is 29.5. The Morgan fingerprint density at radius 2 is 1.34 bits per heavy atom. The number of phosphoric ester groups is 2. The van der Waals surface area contributed by atoms with Crippen LogP contribution in [0, 0.1) is 5.92 Å². The summed E-state index contributed by atoms with van der Waals surface area (Å²) in [6.45, 7) is -1.73. The minimum atomic E-state index is -6.20. The number of nitrogens with one attached hydrogen (secondary N) is 2. The first-order valence-electron chi connectivity index (χ1n) is 23.4. The molecule has 79 heavy (non-hydrogen) atoms. The predicted molar refractivity (Wildman–Crippen MR) is 261 cm³/mol. The van der Waals surface area contributed by atoms with Crippen molar-refractivity contribution in [2.45, 2.75) is 86.8 Å². The van der Waals surface area contributed by atoms with Gasteiger partial charge in [0.2, 0.25) is 17.7 Å². The predicted octanol–water partition coefficient (Wildman–Crippen LogP) is -2.57. The molecule has 42 heteroatoms. The lowest BCUT2D eigenvalue weighted by Gasteiger charge is -2.29. The molecule has 3 aliphatic heterocycles. The van der Waals surface area contributed by atoms with Crippen LogP contribution in [-0.2, 0) is 71.2 Å². The Hall–Kier alpha value is -5.11. The first-order valence-corrected chi connectivity index (χ1v) is 29.6. The van der Waals surface area contributed by atoms with Crippen LogP contribution < -0.4 is 32.9 Å². The van der Waals surface area contributed by atoms with Gasteiger partial charge in [-0.3, -0.25) is 46.9 Å². The molecule has 0 bridgehead atoms. The van der Waals surface area contributed by atoms with Gasteiger partial charge in [0.05, 0.1) is 52.2 Å². The summed E-state index contributed by atoms with van der Waals surface area (Å²) < 4.78 is 113. The van der Waals surface area contributed by atoms with Crippen LogP contribution in [0.4, 0.5) is 17.7 Å². The highest BCUT2D eigenvalue weighted by Crippen LogP contribution is 2.68. The molecule has 9 heterocycles. The van der Waals surface area contributed by atoms with E-state index in [4.69, 9.17) is 54.5 Å². The number of aromatic amines is 2. The number of aromatic nitrogens is 12. The van der Waals surface area contributed by atoms with Crippen molar-refractivity contribution in [1.29, 1.82) is 0 Å². The topological polar surface area (TPSA) is 542 Å². The van der Waals surface area contributed by atoms with Crippen LogP contribution in [0.2, 0.25) is 0 Å². The maximum atomic E-state index is 14.7. The molecule has 0 saturated carbocycles. The number of nitrogens with zero attached hydrogens (tertiary/aromatic N) is 10. The standard InChI is InChI=1S/C37H53N15O23P4/c1-4-5-6-67-25-26(76(58,59)68-9-17-23(54)24(55)34(72-17)51-13-44-20-29(51)45-36(39)47-31(20)56)18(73-35(25)50-12-43-19-27(38)41-11-42-28(19)50)10-70-78(62,63)75-79(64,65)74-77(60,61)69-8-16-15(7-66-3)22(53)33(71-16)52-14-49(2)21-30(52)46-37(40)48-32(21)57/h11-18,22-26,33-35,53-55H,4-10H2,1-3H3,(H11-,38,39,40,41,42,45,46,47,48,56,57,58,59,60,61,62,63,64,65)/p+1/t15-,16-,17-,18-,22-,23-,24-,25-,26-,33-,34-,35-/m1/s1. The van der Waals surface area contributed by atoms with Gasteiger partial charge in [-0.2, -0.15) is 13.6 Å². The summed E-state index contributed by atoms with van der Waals surface area (Å²) in [4.78, 5) is 97.9. The van der Waals surface area contributed by atoms with Crippen molar-refractivity contribution in [2.75, 3.05) is 57.3 Å². The van der Waals surface area contributed by atoms with Crippen LogP contribution in [0.3, 0.4) is 0 Å². The molecule has 6 aromatic rings. The average molecular weight is 1200 g/mol. The van der Waals surface area contributed by atoms with Crippen molar-refractivity contribution < 1.29 is 104 Å². The van der Waals surface area contributed by atoms with Crippen LogP contribution in [0.15, 0.2) is 34.9 Å². The monoisotopic (exact) mass is 1200 g/mol. The number of aliphatic hydroxyl groups is 3. The Labute approximate surface area is 441 Å². The lowest BCUT2D eigenvalue weighted by molar-refractivity contribution is -0.745. The van der Waals surface area contributed by atoms with E-state index in [-0.39, 0.29) is 64.4 Å². The Morgan fingerprint density at radius 1 is 0.722 bits per heavy atom. The van der Waals surface area contributed by atoms with E-state index < -0.39 is 135 Å². The molecule has 3 saturated heterocycles. The number of aliphatic hydroxyl groups excluding tert-OH is 3. The van der Waals surface area contributed by atoms with Crippen molar-refractivity contribution in [3.63, 3.8) is 0 Å². The van der Waals surface area contributed by atoms with Gasteiger partial charge in [0, 0.05) is 19.6 Å². The van der Waals surface area contributed by atoms with E-state index in [0.717, 1.165) is 17.2 Å². The summed E-state index contributed by atoms with van der Waals surface area (Å²) in [7, 11) is -20.6. The second-order valence-corrected chi connectivity index (χ2v) is 24.7. The van der Waals surface area contributed by atoms with E-state index in [0.29, 0.717) is 12.8 Å². The second kappa shape index (κ2) is 22.7. The molecule has 6 aromatic heterocycles. The Morgan fingerprint density at radius 3 is 2.03 bits per heavy atom. The molecule has 3 fully saturated rings. The fourth-order valence-electron chi connectivity index (χ4n) is 9.26. The summed E-state index contributed by atoms with van der Waals surface area (Å²) in [5, 5.41) is 33.4. The van der Waals surface area contributed by atoms with Crippen molar-refractivity contribution in [2.24, 2.45) is 13.0 Å². The van der Waals surface area contributed by atoms with Crippen molar-refractivity contribution in [3.05, 3.63) is 46.0 Å². The molecule has 0 radical (unpaired) electrons. The van der Waals surface area contributed by atoms with Gasteiger partial charge in [0.1, 0.15) is 54.1 Å². The van der Waals surface area contributed by atoms with Gasteiger partial charge < -0.3 is 80.3 Å². The number of rotatable bonds is 23. The molecular weight excluding hydrogens is 1150 g/mol. The quantitative estimate of drug-likeness (QED) is 0.0178. The van der Waals surface area contributed by atoms with Crippen LogP contribution in [-0.4, -0.2) is 177 Å². The van der Waals surface area contributed by atoms with Gasteiger partial charge in [-0.15, -0.1) is 0 Å². The molecular formula is C37H54N15O23P4+. The van der Waals surface area contributed by atoms with Gasteiger partial charge in [0.15, 0.2) is 41.4 Å². The first-order chi connectivity index (χ1) is 37.2. The number of methoxy groups -OCH3 is 1. The third-order valence-electron chi connectivity index (χ3n) is 12.8. The van der Waals surface area contributed by atoms with Crippen molar-refractivity contribution in [1.82, 2.24) is 53.6 Å². The number of hydrogen-bond acceptors (Lipinski definition) is 28. The molecule has 0 aliphatic carbocycles. The number of nitrogen functional groups attached to an aromatic ring is 3. The zero-order chi connectivity index (χ0) is 57.1. The van der Waals surface area contributed by atoms with E-state index in [9.17, 15) is 62.7 Å². The molecule has 0 aromatic carbocycles. The summed E-state index contributed by atoms with van der Waals surface area (Å²) >= 11 is 0. The summed E-state index contributed by atoms with van der Waals surface area (Å²) in [6, 6.07) is 0. The zero-order valence-electron chi connectivity index (χ0n) is 41.3. The third kappa shape index (κ3) is 12.0. The Balaban J connectivity index is 0.911. The molecule has 434 valence electrons. The van der Waals surface area contributed by atoms with E-state index in [1.807, 2.05) is 6.92 Å². The largest absolute Gasteiger partial charge is 0.490 e. The maximum Gasteiger partial charge on any atom is 0.490 e. The molecule has 0 spiro atoms. The number of nitrogens with two attached hydrogens (primary N) is 3. The highest BCUT2D eigenvalue weighted by Gasteiger charge is 2.58. The number of aryl methyl sites for hydroxylation is 1. The van der Waals surface area contributed by atoms with Gasteiger partial charge in [-0.05, 0) is 6.42 Å². The van der Waals surface area contributed by atoms with E-state index in [2.05, 4.69) is 48.5 Å². The van der Waals surface area contributed by atoms with Gasteiger partial charge in [-0.1, -0.05) is 18.3 Å². The second-order valence-electron chi connectivity index (χ2n) is 18.1. The van der Waals surface area contributed by atoms with Crippen LogP contribution in [0.25, 0.3) is 33.5 Å². The highest BCUT2D eigenvalue weighted by molar-refractivity contribution is 7.66. The summed E-state index contributed by atoms with van der Waals surface area (Å²) in [5.74, 6) is -1.70. The molecule has 15 N–H and O–H groups in total. The number of unbranched alkanes of at least 4 members (excludes halogenated alkanes) is 1. The van der Waals surface area contributed by atoms with Crippen LogP contribution in [0.1, 0.15) is 38.4 Å². The summed E-state index contributed by atoms with van der Waals surface area (Å²) in [5.41, 5.74) is 13.9. The Bertz CT molecular complexity index is 3550. The third-order valence-corrected chi connectivity index (χ3v) is 19.0. The van der Waals surface area contributed by atoms with E-state index in [1.165, 1.54) is 40.5 Å². The molecule has 9 rings (SSSR count). The molecule has 3 aliphatic rings. The van der Waals surface area contributed by atoms with Crippen molar-refractivity contribution >= 4 is 82.3 Å². The van der Waals surface area contributed by atoms with Gasteiger partial charge in [-0.25, -0.2) is 38.2 Å². The zero-order valence-corrected chi connectivity index (χ0v) is 44.9. The molecule has 4 unspecified atom stereocenters. The number of ether oxygens (including phenoxy) is 5. The highest BCUT2D eigenvalue weighted by atomic mass is 31.3. The summed E-state index contributed by atoms with van der Waals surface area (Å²) in [6.07, 6.45) is -10.2. The maximum absolute atomic E-state index is 14.7. The molecule has 0 amide bonds. The lowest BCUT2D eigenvalue weighted by atomic mass is 9.99. The number of hydrogen-bond donors (Lipinski definition) is 12. The fourth-order valence-corrected chi connectivity index (χ4v) is 14.5. The minimum absolute atomic E-state index is 0.0164. The van der Waals surface area contributed by atoms with Crippen LogP contribution >= 0.6 is 31.1 Å². The molecule has 38 nitrogen and oxygen atoms in total. The van der Waals surface area contributed by atoms with E-state index >= 15 is 0 Å². The fraction of sp³-hybridized carbons (Fsp3) is 0.595. The first kappa shape index (κ1) is 58.5. The van der Waals surface area contributed by atoms with Crippen LogP contribution in [0.5, 0.6) is 0 Å².